The fourth-order valence-corrected chi connectivity index (χ4v) is 9.32. The molecule has 2 atom stereocenters. The molecule has 4 heterocycles. The summed E-state index contributed by atoms with van der Waals surface area (Å²) in [7, 11) is -2.70. The Morgan fingerprint density at radius 2 is 1.67 bits per heavy atom. The minimum absolute atomic E-state index is 0.0562. The molecule has 2 bridgehead atoms. The number of fused-ring (bicyclic) bond motifs is 4. The summed E-state index contributed by atoms with van der Waals surface area (Å²) in [6, 6.07) is 17.5. The van der Waals surface area contributed by atoms with E-state index < -0.39 is 15.8 Å². The van der Waals surface area contributed by atoms with E-state index in [-0.39, 0.29) is 51.5 Å². The van der Waals surface area contributed by atoms with Crippen LogP contribution in [0.5, 0.6) is 0 Å². The number of carbonyl (C=O) groups is 1. The van der Waals surface area contributed by atoms with Crippen molar-refractivity contribution in [2.24, 2.45) is 17.8 Å². The zero-order chi connectivity index (χ0) is 35.3. The SMILES string of the molecule is COC(=O)C1C2CCC(CC2)C1Nc1cc(-c2ccc(N3CCOCC3)cc2)nc(-c2cn(S(=O)(=O)c3ccc(C)cc3)c3ncc(F)cc23)n1. The van der Waals surface area contributed by atoms with E-state index in [0.29, 0.717) is 30.3 Å². The van der Waals surface area contributed by atoms with E-state index in [1.807, 2.05) is 37.3 Å². The summed E-state index contributed by atoms with van der Waals surface area (Å²) < 4.78 is 54.7. The molecule has 0 radical (unpaired) electrons. The van der Waals surface area contributed by atoms with Gasteiger partial charge in [0.25, 0.3) is 10.0 Å². The van der Waals surface area contributed by atoms with Gasteiger partial charge < -0.3 is 19.7 Å². The zero-order valence-electron chi connectivity index (χ0n) is 28.5. The summed E-state index contributed by atoms with van der Waals surface area (Å²) in [5, 5.41) is 3.85. The quantitative estimate of drug-likeness (QED) is 0.190. The van der Waals surface area contributed by atoms with Crippen molar-refractivity contribution in [2.75, 3.05) is 43.6 Å². The largest absolute Gasteiger partial charge is 0.469 e. The number of hydrogen-bond donors (Lipinski definition) is 1. The standard InChI is InChI=1S/C38H39FN6O5S/c1-23-3-13-29(14-4-23)51(47,48)45-22-31(30-19-27(39)21-40-37(30)45)36-41-32(24-9-11-28(12-10-24)44-15-17-50-18-16-44)20-33(43-36)42-35-26-7-5-25(6-8-26)34(35)38(46)49-2/h3-4,9-14,19-22,25-26,34-35H,5-8,15-18H2,1-2H3,(H,41,42,43). The second kappa shape index (κ2) is 13.3. The minimum atomic E-state index is -4.12. The maximum atomic E-state index is 14.8. The Balaban J connectivity index is 1.26. The Bertz CT molecular complexity index is 2190. The highest BCUT2D eigenvalue weighted by molar-refractivity contribution is 7.90. The van der Waals surface area contributed by atoms with E-state index in [1.165, 1.54) is 31.5 Å². The molecule has 5 aromatic rings. The van der Waals surface area contributed by atoms with Crippen molar-refractivity contribution in [1.82, 2.24) is 18.9 Å². The summed E-state index contributed by atoms with van der Waals surface area (Å²) in [4.78, 5) is 29.5. The molecule has 1 aliphatic heterocycles. The van der Waals surface area contributed by atoms with Crippen molar-refractivity contribution in [3.8, 4) is 22.6 Å². The number of halogens is 1. The lowest BCUT2D eigenvalue weighted by molar-refractivity contribution is -0.152. The van der Waals surface area contributed by atoms with Gasteiger partial charge in [0.2, 0.25) is 0 Å². The van der Waals surface area contributed by atoms with Crippen molar-refractivity contribution < 1.29 is 27.1 Å². The molecule has 2 unspecified atom stereocenters. The molecule has 4 aliphatic rings. The first-order valence-corrected chi connectivity index (χ1v) is 18.8. The second-order valence-electron chi connectivity index (χ2n) is 13.7. The number of esters is 1. The monoisotopic (exact) mass is 710 g/mol. The van der Waals surface area contributed by atoms with E-state index in [0.717, 1.165) is 65.8 Å². The molecule has 3 saturated carbocycles. The third kappa shape index (κ3) is 6.22. The lowest BCUT2D eigenvalue weighted by Crippen LogP contribution is -2.51. The van der Waals surface area contributed by atoms with Gasteiger partial charge in [-0.25, -0.2) is 31.7 Å². The molecular formula is C38H39FN6O5S. The molecule has 1 N–H and O–H groups in total. The first-order valence-electron chi connectivity index (χ1n) is 17.4. The molecule has 1 saturated heterocycles. The van der Waals surface area contributed by atoms with Crippen LogP contribution in [-0.4, -0.2) is 72.8 Å². The number of aromatic nitrogens is 4. The fraction of sp³-hybridized carbons (Fsp3) is 0.368. The molecule has 13 heteroatoms. The number of carbonyl (C=O) groups excluding carboxylic acids is 1. The third-order valence-corrected chi connectivity index (χ3v) is 12.3. The number of hydrogen-bond acceptors (Lipinski definition) is 10. The van der Waals surface area contributed by atoms with Gasteiger partial charge in [0.05, 0.1) is 43.0 Å². The molecule has 3 aliphatic carbocycles. The molecule has 9 rings (SSSR count). The van der Waals surface area contributed by atoms with Crippen molar-refractivity contribution in [3.05, 3.63) is 84.4 Å². The molecule has 3 aromatic heterocycles. The number of methoxy groups -OCH3 is 1. The van der Waals surface area contributed by atoms with Crippen molar-refractivity contribution in [2.45, 2.75) is 43.5 Å². The number of morpholine rings is 1. The Kier molecular flexibility index (Phi) is 8.71. The third-order valence-electron chi connectivity index (χ3n) is 10.7. The smallest absolute Gasteiger partial charge is 0.311 e. The number of rotatable bonds is 8. The number of ether oxygens (including phenoxy) is 2. The highest BCUT2D eigenvalue weighted by Gasteiger charge is 2.48. The van der Waals surface area contributed by atoms with Crippen LogP contribution in [0.4, 0.5) is 15.9 Å². The number of benzene rings is 2. The van der Waals surface area contributed by atoms with Gasteiger partial charge in [-0.3, -0.25) is 4.79 Å². The van der Waals surface area contributed by atoms with E-state index >= 15 is 0 Å². The summed E-state index contributed by atoms with van der Waals surface area (Å²) in [6.45, 7) is 4.82. The molecule has 2 aromatic carbocycles. The van der Waals surface area contributed by atoms with Crippen molar-refractivity contribution >= 4 is 38.5 Å². The highest BCUT2D eigenvalue weighted by atomic mass is 32.2. The molecule has 264 valence electrons. The number of nitrogens with zero attached hydrogens (tertiary/aromatic N) is 5. The van der Waals surface area contributed by atoms with Gasteiger partial charge >= 0.3 is 5.97 Å². The fourth-order valence-electron chi connectivity index (χ4n) is 8.00. The molecular weight excluding hydrogens is 672 g/mol. The first kappa shape index (κ1) is 33.3. The van der Waals surface area contributed by atoms with Crippen LogP contribution in [0.2, 0.25) is 0 Å². The van der Waals surface area contributed by atoms with Gasteiger partial charge in [0.1, 0.15) is 11.6 Å². The number of pyridine rings is 1. The van der Waals surface area contributed by atoms with Crippen LogP contribution in [0.1, 0.15) is 31.2 Å². The van der Waals surface area contributed by atoms with Crippen LogP contribution in [-0.2, 0) is 24.3 Å². The van der Waals surface area contributed by atoms with E-state index in [4.69, 9.17) is 19.4 Å². The van der Waals surface area contributed by atoms with E-state index in [2.05, 4.69) is 15.2 Å². The lowest BCUT2D eigenvalue weighted by atomic mass is 9.61. The summed E-state index contributed by atoms with van der Waals surface area (Å²) >= 11 is 0. The average Bonchev–Trinajstić information content (AvgIpc) is 3.55. The molecule has 51 heavy (non-hydrogen) atoms. The van der Waals surface area contributed by atoms with Gasteiger partial charge in [0, 0.05) is 53.6 Å². The predicted molar refractivity (Wildman–Crippen MR) is 191 cm³/mol. The van der Waals surface area contributed by atoms with Gasteiger partial charge in [-0.15, -0.1) is 0 Å². The Morgan fingerprint density at radius 3 is 2.37 bits per heavy atom. The Hall–Kier alpha value is -4.88. The first-order chi connectivity index (χ1) is 24.7. The maximum absolute atomic E-state index is 14.8. The number of anilines is 2. The topological polar surface area (TPSA) is 129 Å². The van der Waals surface area contributed by atoms with Crippen LogP contribution in [0.15, 0.2) is 78.0 Å². The highest BCUT2D eigenvalue weighted by Crippen LogP contribution is 2.47. The number of nitrogens with one attached hydrogen (secondary N) is 1. The summed E-state index contributed by atoms with van der Waals surface area (Å²) in [5.74, 6) is -0.0378. The molecule has 0 amide bonds. The summed E-state index contributed by atoms with van der Waals surface area (Å²) in [6.07, 6.45) is 6.37. The predicted octanol–water partition coefficient (Wildman–Crippen LogP) is 6.07. The van der Waals surface area contributed by atoms with E-state index in [1.54, 1.807) is 12.1 Å². The van der Waals surface area contributed by atoms with Crippen LogP contribution < -0.4 is 10.2 Å². The van der Waals surface area contributed by atoms with Gasteiger partial charge in [-0.2, -0.15) is 0 Å². The molecule has 11 nitrogen and oxygen atoms in total. The molecule has 0 spiro atoms. The van der Waals surface area contributed by atoms with Gasteiger partial charge in [0.15, 0.2) is 11.5 Å². The van der Waals surface area contributed by atoms with Crippen LogP contribution in [0.3, 0.4) is 0 Å². The number of aryl methyl sites for hydroxylation is 1. The molecule has 4 fully saturated rings. The maximum Gasteiger partial charge on any atom is 0.311 e. The van der Waals surface area contributed by atoms with Gasteiger partial charge in [-0.05, 0) is 74.8 Å². The Labute approximate surface area is 295 Å². The lowest BCUT2D eigenvalue weighted by Gasteiger charge is -2.47. The minimum Gasteiger partial charge on any atom is -0.469 e. The summed E-state index contributed by atoms with van der Waals surface area (Å²) in [5.41, 5.74) is 3.74. The van der Waals surface area contributed by atoms with Gasteiger partial charge in [-0.1, -0.05) is 29.8 Å². The average molecular weight is 711 g/mol. The van der Waals surface area contributed by atoms with E-state index in [9.17, 15) is 17.6 Å². The van der Waals surface area contributed by atoms with Crippen LogP contribution in [0, 0.1) is 30.5 Å². The van der Waals surface area contributed by atoms with Crippen LogP contribution in [0.25, 0.3) is 33.7 Å². The van der Waals surface area contributed by atoms with Crippen molar-refractivity contribution in [3.63, 3.8) is 0 Å². The normalized spacial score (nSPS) is 21.9. The van der Waals surface area contributed by atoms with Crippen LogP contribution >= 0.6 is 0 Å². The van der Waals surface area contributed by atoms with Crippen molar-refractivity contribution in [1.29, 1.82) is 0 Å². The Morgan fingerprint density at radius 1 is 0.961 bits per heavy atom. The second-order valence-corrected chi connectivity index (χ2v) is 15.5. The zero-order valence-corrected chi connectivity index (χ0v) is 29.3.